The molecular weight excluding hydrogens is 286 g/mol. The maximum Gasteiger partial charge on any atom is 0.218 e. The maximum absolute atomic E-state index is 5.95. The molecule has 3 aromatic rings. The zero-order chi connectivity index (χ0) is 15.6. The van der Waals surface area contributed by atoms with Gasteiger partial charge in [-0.3, -0.25) is 0 Å². The average molecular weight is 305 g/mol. The predicted molar refractivity (Wildman–Crippen MR) is 88.8 cm³/mol. The summed E-state index contributed by atoms with van der Waals surface area (Å²) in [6.45, 7) is 2.55. The van der Waals surface area contributed by atoms with Crippen LogP contribution < -0.4 is 4.74 Å². The highest BCUT2D eigenvalue weighted by Gasteiger charge is 2.22. The summed E-state index contributed by atoms with van der Waals surface area (Å²) in [6, 6.07) is 14.6. The van der Waals surface area contributed by atoms with Gasteiger partial charge in [0, 0.05) is 12.3 Å². The molecule has 0 spiro atoms. The van der Waals surface area contributed by atoms with Gasteiger partial charge in [0.15, 0.2) is 5.82 Å². The smallest absolute Gasteiger partial charge is 0.218 e. The van der Waals surface area contributed by atoms with E-state index in [1.165, 1.54) is 24.0 Å². The first-order valence-corrected chi connectivity index (χ1v) is 7.99. The summed E-state index contributed by atoms with van der Waals surface area (Å²) in [5.41, 5.74) is 3.68. The monoisotopic (exact) mass is 305 g/mol. The van der Waals surface area contributed by atoms with Crippen LogP contribution in [0.3, 0.4) is 0 Å². The van der Waals surface area contributed by atoms with Crippen molar-refractivity contribution in [3.63, 3.8) is 0 Å². The fourth-order valence-electron chi connectivity index (χ4n) is 2.72. The first kappa shape index (κ1) is 14.0. The molecule has 4 rings (SSSR count). The van der Waals surface area contributed by atoms with Crippen molar-refractivity contribution >= 4 is 0 Å². The highest BCUT2D eigenvalue weighted by molar-refractivity contribution is 5.35. The van der Waals surface area contributed by atoms with Crippen LogP contribution in [0.15, 0.2) is 54.9 Å². The molecule has 1 aliphatic rings. The summed E-state index contributed by atoms with van der Waals surface area (Å²) >= 11 is 0. The maximum atomic E-state index is 5.95. The minimum Gasteiger partial charge on any atom is -0.473 e. The minimum absolute atomic E-state index is 0.530. The first-order valence-electron chi connectivity index (χ1n) is 7.99. The second kappa shape index (κ2) is 5.88. The molecule has 1 aromatic carbocycles. The van der Waals surface area contributed by atoms with Crippen molar-refractivity contribution < 1.29 is 4.74 Å². The lowest BCUT2D eigenvalue weighted by Crippen LogP contribution is -2.06. The van der Waals surface area contributed by atoms with Crippen molar-refractivity contribution in [2.24, 2.45) is 0 Å². The third-order valence-electron chi connectivity index (χ3n) is 4.21. The van der Waals surface area contributed by atoms with E-state index in [9.17, 15) is 0 Å². The number of hydrogen-bond donors (Lipinski definition) is 0. The molecular formula is C19H19N3O. The zero-order valence-corrected chi connectivity index (χ0v) is 13.1. The third-order valence-corrected chi connectivity index (χ3v) is 4.21. The Morgan fingerprint density at radius 2 is 1.91 bits per heavy atom. The van der Waals surface area contributed by atoms with Gasteiger partial charge in [0.1, 0.15) is 6.61 Å². The van der Waals surface area contributed by atoms with Crippen LogP contribution in [-0.2, 0) is 6.61 Å². The molecule has 0 atom stereocenters. The second-order valence-corrected chi connectivity index (χ2v) is 6.03. The van der Waals surface area contributed by atoms with Crippen molar-refractivity contribution in [1.82, 2.24) is 14.8 Å². The van der Waals surface area contributed by atoms with Gasteiger partial charge < -0.3 is 4.74 Å². The van der Waals surface area contributed by atoms with E-state index < -0.39 is 0 Å². The van der Waals surface area contributed by atoms with Gasteiger partial charge in [-0.2, -0.15) is 9.78 Å². The first-order chi connectivity index (χ1) is 11.3. The van der Waals surface area contributed by atoms with E-state index in [-0.39, 0.29) is 0 Å². The van der Waals surface area contributed by atoms with Crippen molar-refractivity contribution in [2.75, 3.05) is 0 Å². The molecule has 23 heavy (non-hydrogen) atoms. The summed E-state index contributed by atoms with van der Waals surface area (Å²) in [5.74, 6) is 2.30. The molecule has 0 amide bonds. The van der Waals surface area contributed by atoms with Crippen LogP contribution in [0.5, 0.6) is 5.88 Å². The largest absolute Gasteiger partial charge is 0.473 e. The Bertz CT molecular complexity index is 803. The second-order valence-electron chi connectivity index (χ2n) is 6.03. The number of ether oxygens (including phenoxy) is 1. The van der Waals surface area contributed by atoms with Crippen LogP contribution in [0.4, 0.5) is 0 Å². The molecule has 0 saturated heterocycles. The number of aromatic nitrogens is 3. The lowest BCUT2D eigenvalue weighted by molar-refractivity contribution is 0.284. The molecule has 0 unspecified atom stereocenters. The molecule has 116 valence electrons. The number of aryl methyl sites for hydroxylation is 1. The Morgan fingerprint density at radius 1 is 1.09 bits per heavy atom. The number of rotatable bonds is 5. The standard InChI is InChI=1S/C19H19N3O/c1-14-3-2-11-20-19(14)22-18(10-12-21-22)23-13-15-4-6-16(7-5-15)17-8-9-17/h2-7,10-12,17H,8-9,13H2,1H3. The van der Waals surface area contributed by atoms with E-state index in [2.05, 4.69) is 34.3 Å². The van der Waals surface area contributed by atoms with Crippen LogP contribution in [0.25, 0.3) is 5.82 Å². The van der Waals surface area contributed by atoms with E-state index in [0.717, 1.165) is 17.3 Å². The van der Waals surface area contributed by atoms with Crippen LogP contribution in [0.2, 0.25) is 0 Å². The van der Waals surface area contributed by atoms with E-state index >= 15 is 0 Å². The van der Waals surface area contributed by atoms with Crippen LogP contribution in [-0.4, -0.2) is 14.8 Å². The number of pyridine rings is 1. The van der Waals surface area contributed by atoms with Gasteiger partial charge in [0.05, 0.1) is 6.20 Å². The predicted octanol–water partition coefficient (Wildman–Crippen LogP) is 4.03. The van der Waals surface area contributed by atoms with Gasteiger partial charge in [-0.15, -0.1) is 0 Å². The molecule has 0 bridgehead atoms. The molecule has 1 aliphatic carbocycles. The molecule has 0 radical (unpaired) electrons. The Labute approximate surface area is 135 Å². The van der Waals surface area contributed by atoms with Gasteiger partial charge in [-0.25, -0.2) is 4.98 Å². The Hall–Kier alpha value is -2.62. The quantitative estimate of drug-likeness (QED) is 0.714. The topological polar surface area (TPSA) is 39.9 Å². The number of hydrogen-bond acceptors (Lipinski definition) is 3. The lowest BCUT2D eigenvalue weighted by Gasteiger charge is -2.10. The van der Waals surface area contributed by atoms with Crippen LogP contribution in [0, 0.1) is 6.92 Å². The Morgan fingerprint density at radius 3 is 2.65 bits per heavy atom. The van der Waals surface area contributed by atoms with Crippen LogP contribution >= 0.6 is 0 Å². The number of benzene rings is 1. The molecule has 0 N–H and O–H groups in total. The number of nitrogens with zero attached hydrogens (tertiary/aromatic N) is 3. The van der Waals surface area contributed by atoms with Crippen LogP contribution in [0.1, 0.15) is 35.4 Å². The molecule has 0 aliphatic heterocycles. The van der Waals surface area contributed by atoms with Crippen molar-refractivity contribution in [3.05, 3.63) is 71.5 Å². The minimum atomic E-state index is 0.530. The van der Waals surface area contributed by atoms with Crippen molar-refractivity contribution in [3.8, 4) is 11.7 Å². The third kappa shape index (κ3) is 2.97. The summed E-state index contributed by atoms with van der Waals surface area (Å²) in [7, 11) is 0. The summed E-state index contributed by atoms with van der Waals surface area (Å²) < 4.78 is 7.69. The zero-order valence-electron chi connectivity index (χ0n) is 13.1. The van der Waals surface area contributed by atoms with Gasteiger partial charge in [-0.1, -0.05) is 30.3 Å². The molecule has 4 nitrogen and oxygen atoms in total. The fraction of sp³-hybridized carbons (Fsp3) is 0.263. The fourth-order valence-corrected chi connectivity index (χ4v) is 2.72. The van der Waals surface area contributed by atoms with E-state index in [1.54, 1.807) is 17.1 Å². The molecule has 1 fully saturated rings. The van der Waals surface area contributed by atoms with Gasteiger partial charge >= 0.3 is 0 Å². The van der Waals surface area contributed by atoms with Crippen molar-refractivity contribution in [2.45, 2.75) is 32.3 Å². The van der Waals surface area contributed by atoms with Gasteiger partial charge in [0.2, 0.25) is 5.88 Å². The highest BCUT2D eigenvalue weighted by atomic mass is 16.5. The molecule has 4 heteroatoms. The summed E-state index contributed by atoms with van der Waals surface area (Å²) in [6.07, 6.45) is 6.17. The van der Waals surface area contributed by atoms with E-state index in [4.69, 9.17) is 4.74 Å². The average Bonchev–Trinajstić information content (AvgIpc) is 3.33. The summed E-state index contributed by atoms with van der Waals surface area (Å²) in [4.78, 5) is 4.39. The van der Waals surface area contributed by atoms with E-state index in [0.29, 0.717) is 12.5 Å². The Balaban J connectivity index is 1.49. The highest BCUT2D eigenvalue weighted by Crippen LogP contribution is 2.39. The normalized spacial score (nSPS) is 14.0. The van der Waals surface area contributed by atoms with Gasteiger partial charge in [0.25, 0.3) is 0 Å². The summed E-state index contributed by atoms with van der Waals surface area (Å²) in [5, 5.41) is 4.33. The lowest BCUT2D eigenvalue weighted by atomic mass is 10.1. The molecule has 2 heterocycles. The van der Waals surface area contributed by atoms with Crippen molar-refractivity contribution in [1.29, 1.82) is 0 Å². The van der Waals surface area contributed by atoms with Gasteiger partial charge in [-0.05, 0) is 48.4 Å². The van der Waals surface area contributed by atoms with E-state index in [1.807, 2.05) is 25.1 Å². The molecule has 2 aromatic heterocycles. The molecule has 1 saturated carbocycles. The Kier molecular flexibility index (Phi) is 3.58. The SMILES string of the molecule is Cc1cccnc1-n1nccc1OCc1ccc(C2CC2)cc1.